The number of aromatic nitrogens is 1. The van der Waals surface area contributed by atoms with Crippen molar-refractivity contribution < 1.29 is 19.0 Å². The van der Waals surface area contributed by atoms with Crippen LogP contribution in [-0.2, 0) is 0 Å². The number of hydrogen-bond acceptors (Lipinski definition) is 4. The average Bonchev–Trinajstić information content (AvgIpc) is 3.23. The molecule has 0 spiro atoms. The van der Waals surface area contributed by atoms with Crippen molar-refractivity contribution in [3.05, 3.63) is 66.7 Å². The summed E-state index contributed by atoms with van der Waals surface area (Å²) in [6.07, 6.45) is 0. The maximum Gasteiger partial charge on any atom is 0.323 e. The minimum absolute atomic E-state index is 0.382. The third kappa shape index (κ3) is 4.25. The molecule has 0 radical (unpaired) electrons. The fourth-order valence-corrected chi connectivity index (χ4v) is 3.41. The number of benzene rings is 3. The standard InChI is InChI=1S/C24H23N3O4/c1-29-21-13-18(14-22(30-2)23(21)31-3)26-24(28)25-17-10-8-15(9-11-17)20-12-16-6-4-5-7-19(16)27-20/h4-14,27H,1-3H3,(H2,25,26,28). The largest absolute Gasteiger partial charge is 0.493 e. The van der Waals surface area contributed by atoms with E-state index in [2.05, 4.69) is 27.8 Å². The number of hydrogen-bond donors (Lipinski definition) is 3. The average molecular weight is 417 g/mol. The second kappa shape index (κ2) is 8.71. The number of H-pyrrole nitrogens is 1. The monoisotopic (exact) mass is 417 g/mol. The third-order valence-corrected chi connectivity index (χ3v) is 4.91. The first-order valence-corrected chi connectivity index (χ1v) is 9.67. The van der Waals surface area contributed by atoms with Crippen LogP contribution in [0.3, 0.4) is 0 Å². The minimum Gasteiger partial charge on any atom is -0.493 e. The molecule has 3 aromatic carbocycles. The molecule has 4 aromatic rings. The molecule has 31 heavy (non-hydrogen) atoms. The Hall–Kier alpha value is -4.13. The third-order valence-electron chi connectivity index (χ3n) is 4.91. The summed E-state index contributed by atoms with van der Waals surface area (Å²) in [5, 5.41) is 6.77. The molecule has 0 fully saturated rings. The molecular weight excluding hydrogens is 394 g/mol. The summed E-state index contributed by atoms with van der Waals surface area (Å²) >= 11 is 0. The van der Waals surface area contributed by atoms with Gasteiger partial charge in [-0.1, -0.05) is 30.3 Å². The van der Waals surface area contributed by atoms with Crippen LogP contribution in [0.4, 0.5) is 16.2 Å². The number of aromatic amines is 1. The number of ether oxygens (including phenoxy) is 3. The topological polar surface area (TPSA) is 84.6 Å². The Bertz CT molecular complexity index is 1160. The molecule has 3 N–H and O–H groups in total. The molecule has 0 saturated carbocycles. The number of para-hydroxylation sites is 1. The van der Waals surface area contributed by atoms with E-state index in [4.69, 9.17) is 14.2 Å². The van der Waals surface area contributed by atoms with Crippen LogP contribution >= 0.6 is 0 Å². The minimum atomic E-state index is -0.382. The molecule has 4 rings (SSSR count). The molecule has 0 atom stereocenters. The lowest BCUT2D eigenvalue weighted by molar-refractivity contribution is 0.262. The number of amides is 2. The van der Waals surface area contributed by atoms with E-state index in [-0.39, 0.29) is 6.03 Å². The van der Waals surface area contributed by atoms with Crippen LogP contribution in [0.2, 0.25) is 0 Å². The van der Waals surface area contributed by atoms with Crippen molar-refractivity contribution in [3.8, 4) is 28.5 Å². The zero-order chi connectivity index (χ0) is 21.8. The van der Waals surface area contributed by atoms with Gasteiger partial charge in [0.05, 0.1) is 27.0 Å². The maximum atomic E-state index is 12.5. The lowest BCUT2D eigenvalue weighted by Gasteiger charge is -2.15. The van der Waals surface area contributed by atoms with Crippen LogP contribution in [-0.4, -0.2) is 32.3 Å². The lowest BCUT2D eigenvalue weighted by Crippen LogP contribution is -2.19. The Morgan fingerprint density at radius 2 is 1.42 bits per heavy atom. The van der Waals surface area contributed by atoms with E-state index in [1.165, 1.54) is 21.3 Å². The van der Waals surface area contributed by atoms with Crippen LogP contribution in [0.5, 0.6) is 17.2 Å². The summed E-state index contributed by atoms with van der Waals surface area (Å²) in [6.45, 7) is 0. The van der Waals surface area contributed by atoms with Crippen LogP contribution in [0, 0.1) is 0 Å². The summed E-state index contributed by atoms with van der Waals surface area (Å²) in [6, 6.07) is 20.8. The Kier molecular flexibility index (Phi) is 5.66. The maximum absolute atomic E-state index is 12.5. The van der Waals surface area contributed by atoms with Gasteiger partial charge in [-0.15, -0.1) is 0 Å². The predicted octanol–water partition coefficient (Wildman–Crippen LogP) is 5.50. The second-order valence-electron chi connectivity index (χ2n) is 6.84. The first-order chi connectivity index (χ1) is 15.1. The van der Waals surface area contributed by atoms with E-state index < -0.39 is 0 Å². The number of anilines is 2. The number of carbonyl (C=O) groups is 1. The van der Waals surface area contributed by atoms with E-state index in [0.717, 1.165) is 22.2 Å². The van der Waals surface area contributed by atoms with Gasteiger partial charge < -0.3 is 29.8 Å². The number of urea groups is 1. The Balaban J connectivity index is 1.46. The van der Waals surface area contributed by atoms with Gasteiger partial charge in [0.2, 0.25) is 5.75 Å². The molecule has 158 valence electrons. The number of fused-ring (bicyclic) bond motifs is 1. The molecule has 0 aliphatic rings. The summed E-state index contributed by atoms with van der Waals surface area (Å²) in [5.74, 6) is 1.38. The molecular formula is C24H23N3O4. The summed E-state index contributed by atoms with van der Waals surface area (Å²) < 4.78 is 15.9. The fraction of sp³-hybridized carbons (Fsp3) is 0.125. The Morgan fingerprint density at radius 3 is 2.03 bits per heavy atom. The van der Waals surface area contributed by atoms with Gasteiger partial charge in [-0.25, -0.2) is 4.79 Å². The van der Waals surface area contributed by atoms with Gasteiger partial charge in [0.15, 0.2) is 11.5 Å². The van der Waals surface area contributed by atoms with E-state index >= 15 is 0 Å². The first-order valence-electron chi connectivity index (χ1n) is 9.67. The van der Waals surface area contributed by atoms with Crippen molar-refractivity contribution in [1.82, 2.24) is 4.98 Å². The van der Waals surface area contributed by atoms with Crippen molar-refractivity contribution >= 4 is 28.3 Å². The predicted molar refractivity (Wildman–Crippen MR) is 122 cm³/mol. The zero-order valence-electron chi connectivity index (χ0n) is 17.5. The van der Waals surface area contributed by atoms with Crippen LogP contribution in [0.25, 0.3) is 22.2 Å². The van der Waals surface area contributed by atoms with E-state index in [1.807, 2.05) is 42.5 Å². The molecule has 2 amide bonds. The summed E-state index contributed by atoms with van der Waals surface area (Å²) in [4.78, 5) is 15.9. The van der Waals surface area contributed by atoms with Gasteiger partial charge in [0.25, 0.3) is 0 Å². The molecule has 0 bridgehead atoms. The summed E-state index contributed by atoms with van der Waals surface area (Å²) in [5.41, 5.74) is 4.33. The Labute approximate surface area is 179 Å². The van der Waals surface area contributed by atoms with Crippen molar-refractivity contribution in [2.45, 2.75) is 0 Å². The molecule has 1 aromatic heterocycles. The molecule has 0 aliphatic carbocycles. The summed E-state index contributed by atoms with van der Waals surface area (Å²) in [7, 11) is 4.57. The Morgan fingerprint density at radius 1 is 0.774 bits per heavy atom. The van der Waals surface area contributed by atoms with Crippen molar-refractivity contribution in [2.24, 2.45) is 0 Å². The van der Waals surface area contributed by atoms with Crippen LogP contribution < -0.4 is 24.8 Å². The van der Waals surface area contributed by atoms with Gasteiger partial charge in [0, 0.05) is 34.4 Å². The van der Waals surface area contributed by atoms with Gasteiger partial charge in [0.1, 0.15) is 0 Å². The van der Waals surface area contributed by atoms with E-state index in [1.54, 1.807) is 12.1 Å². The van der Waals surface area contributed by atoms with Gasteiger partial charge >= 0.3 is 6.03 Å². The normalized spacial score (nSPS) is 10.5. The molecule has 7 nitrogen and oxygen atoms in total. The SMILES string of the molecule is COc1cc(NC(=O)Nc2ccc(-c3cc4ccccc4[nH]3)cc2)cc(OC)c1OC. The van der Waals surface area contributed by atoms with Crippen molar-refractivity contribution in [3.63, 3.8) is 0 Å². The smallest absolute Gasteiger partial charge is 0.323 e. The molecule has 0 unspecified atom stereocenters. The zero-order valence-corrected chi connectivity index (χ0v) is 17.5. The van der Waals surface area contributed by atoms with Crippen molar-refractivity contribution in [1.29, 1.82) is 0 Å². The van der Waals surface area contributed by atoms with Gasteiger partial charge in [-0.05, 0) is 29.8 Å². The lowest BCUT2D eigenvalue weighted by atomic mass is 10.1. The highest BCUT2D eigenvalue weighted by Crippen LogP contribution is 2.40. The van der Waals surface area contributed by atoms with Crippen LogP contribution in [0.15, 0.2) is 66.7 Å². The number of methoxy groups -OCH3 is 3. The van der Waals surface area contributed by atoms with Gasteiger partial charge in [-0.3, -0.25) is 0 Å². The quantitative estimate of drug-likeness (QED) is 0.386. The number of rotatable bonds is 6. The van der Waals surface area contributed by atoms with E-state index in [0.29, 0.717) is 28.6 Å². The van der Waals surface area contributed by atoms with Crippen LogP contribution in [0.1, 0.15) is 0 Å². The molecule has 0 saturated heterocycles. The van der Waals surface area contributed by atoms with E-state index in [9.17, 15) is 4.79 Å². The number of carbonyl (C=O) groups excluding carboxylic acids is 1. The van der Waals surface area contributed by atoms with Gasteiger partial charge in [-0.2, -0.15) is 0 Å². The highest BCUT2D eigenvalue weighted by molar-refractivity contribution is 6.00. The highest BCUT2D eigenvalue weighted by atomic mass is 16.5. The molecule has 7 heteroatoms. The molecule has 1 heterocycles. The molecule has 0 aliphatic heterocycles. The number of nitrogens with one attached hydrogen (secondary N) is 3. The highest BCUT2D eigenvalue weighted by Gasteiger charge is 2.14. The fourth-order valence-electron chi connectivity index (χ4n) is 3.41. The van der Waals surface area contributed by atoms with Crippen molar-refractivity contribution in [2.75, 3.05) is 32.0 Å². The second-order valence-corrected chi connectivity index (χ2v) is 6.84. The first kappa shape index (κ1) is 20.2.